The lowest BCUT2D eigenvalue weighted by atomic mass is 9.94. The van der Waals surface area contributed by atoms with Crippen LogP contribution in [0.2, 0.25) is 0 Å². The van der Waals surface area contributed by atoms with E-state index in [4.69, 9.17) is 10.5 Å². The van der Waals surface area contributed by atoms with E-state index in [0.29, 0.717) is 24.7 Å². The van der Waals surface area contributed by atoms with Crippen LogP contribution in [0.1, 0.15) is 19.7 Å². The number of sulfonamides is 1. The van der Waals surface area contributed by atoms with Gasteiger partial charge in [0.15, 0.2) is 5.82 Å². The van der Waals surface area contributed by atoms with Crippen molar-refractivity contribution < 1.29 is 13.2 Å². The number of hydrogen-bond acceptors (Lipinski definition) is 6. The van der Waals surface area contributed by atoms with Gasteiger partial charge in [-0.1, -0.05) is 13.8 Å². The van der Waals surface area contributed by atoms with Crippen LogP contribution in [-0.4, -0.2) is 47.6 Å². The van der Waals surface area contributed by atoms with Gasteiger partial charge < -0.3 is 10.5 Å². The predicted octanol–water partition coefficient (Wildman–Crippen LogP) is 1.000. The quantitative estimate of drug-likeness (QED) is 0.746. The van der Waals surface area contributed by atoms with Gasteiger partial charge in [-0.2, -0.15) is 5.10 Å². The Morgan fingerprint density at radius 3 is 2.44 bits per heavy atom. The van der Waals surface area contributed by atoms with E-state index in [-0.39, 0.29) is 16.9 Å². The first-order valence-corrected chi connectivity index (χ1v) is 9.32. The molecule has 2 rings (SSSR count). The van der Waals surface area contributed by atoms with Crippen LogP contribution in [-0.2, 0) is 23.7 Å². The molecule has 0 aliphatic carbocycles. The van der Waals surface area contributed by atoms with E-state index in [1.807, 2.05) is 13.8 Å². The third-order valence-electron chi connectivity index (χ3n) is 3.91. The largest absolute Gasteiger partial charge is 0.486 e. The Hall–Kier alpha value is -1.97. The highest BCUT2D eigenvalue weighted by molar-refractivity contribution is 7.89. The average molecular weight is 367 g/mol. The third kappa shape index (κ3) is 4.77. The molecule has 2 aromatic rings. The molecule has 8 nitrogen and oxygen atoms in total. The van der Waals surface area contributed by atoms with Gasteiger partial charge in [-0.05, 0) is 36.2 Å². The molecule has 9 heteroatoms. The molecule has 1 aromatic carbocycles. The van der Waals surface area contributed by atoms with Crippen molar-refractivity contribution in [1.82, 2.24) is 19.1 Å². The fourth-order valence-electron chi connectivity index (χ4n) is 2.24. The van der Waals surface area contributed by atoms with Gasteiger partial charge in [-0.15, -0.1) is 0 Å². The minimum Gasteiger partial charge on any atom is -0.486 e. The fraction of sp³-hybridized carbons (Fsp3) is 0.500. The Kier molecular flexibility index (Phi) is 5.81. The van der Waals surface area contributed by atoms with Gasteiger partial charge in [-0.25, -0.2) is 17.7 Å². The Morgan fingerprint density at radius 1 is 1.28 bits per heavy atom. The van der Waals surface area contributed by atoms with E-state index in [0.717, 1.165) is 0 Å². The molecule has 0 bridgehead atoms. The van der Waals surface area contributed by atoms with Crippen LogP contribution in [0.4, 0.5) is 0 Å². The van der Waals surface area contributed by atoms with Gasteiger partial charge in [0.25, 0.3) is 0 Å². The Bertz CT molecular complexity index is 799. The maximum absolute atomic E-state index is 12.6. The lowest BCUT2D eigenvalue weighted by Crippen LogP contribution is -2.39. The molecule has 0 unspecified atom stereocenters. The van der Waals surface area contributed by atoms with Crippen molar-refractivity contribution in [1.29, 1.82) is 0 Å². The maximum atomic E-state index is 12.6. The number of nitrogens with zero attached hydrogens (tertiary/aromatic N) is 4. The number of aromatic nitrogens is 3. The summed E-state index contributed by atoms with van der Waals surface area (Å²) in [4.78, 5) is 4.28. The zero-order valence-corrected chi connectivity index (χ0v) is 15.8. The number of hydrogen-bond donors (Lipinski definition) is 1. The highest BCUT2D eigenvalue weighted by Crippen LogP contribution is 2.22. The second-order valence-electron chi connectivity index (χ2n) is 6.69. The van der Waals surface area contributed by atoms with Crippen molar-refractivity contribution >= 4 is 10.0 Å². The van der Waals surface area contributed by atoms with Gasteiger partial charge in [0.1, 0.15) is 18.7 Å². The Balaban J connectivity index is 2.06. The second-order valence-corrected chi connectivity index (χ2v) is 8.73. The van der Waals surface area contributed by atoms with Gasteiger partial charge in [0.2, 0.25) is 10.0 Å². The first-order chi connectivity index (χ1) is 11.7. The summed E-state index contributed by atoms with van der Waals surface area (Å²) in [5.74, 6) is 1.24. The first-order valence-electron chi connectivity index (χ1n) is 7.88. The SMILES string of the molecule is CN(CC(C)(C)CN)S(=O)(=O)c1ccc(OCc2ncnn2C)cc1. The molecular weight excluding hydrogens is 342 g/mol. The number of benzene rings is 1. The normalized spacial score (nSPS) is 12.6. The molecule has 0 fully saturated rings. The monoisotopic (exact) mass is 367 g/mol. The standard InChI is InChI=1S/C16H25N5O3S/c1-16(2,10-17)11-20(3)25(22,23)14-7-5-13(6-8-14)24-9-15-18-12-19-21(15)4/h5-8,12H,9-11,17H2,1-4H3. The smallest absolute Gasteiger partial charge is 0.242 e. The molecule has 0 aliphatic heterocycles. The van der Waals surface area contributed by atoms with E-state index in [1.165, 1.54) is 22.8 Å². The number of ether oxygens (including phenoxy) is 1. The third-order valence-corrected chi connectivity index (χ3v) is 5.73. The van der Waals surface area contributed by atoms with Gasteiger partial charge >= 0.3 is 0 Å². The van der Waals surface area contributed by atoms with E-state index < -0.39 is 10.0 Å². The molecule has 1 heterocycles. The van der Waals surface area contributed by atoms with Crippen LogP contribution in [0.3, 0.4) is 0 Å². The molecule has 0 saturated heterocycles. The molecule has 0 atom stereocenters. The molecule has 0 spiro atoms. The molecule has 0 saturated carbocycles. The Morgan fingerprint density at radius 2 is 1.92 bits per heavy atom. The second kappa shape index (κ2) is 7.51. The van der Waals surface area contributed by atoms with Gasteiger partial charge in [-0.3, -0.25) is 4.68 Å². The lowest BCUT2D eigenvalue weighted by Gasteiger charge is -2.28. The minimum absolute atomic E-state index is 0.217. The van der Waals surface area contributed by atoms with E-state index in [2.05, 4.69) is 10.1 Å². The molecular formula is C16H25N5O3S. The van der Waals surface area contributed by atoms with Crippen molar-refractivity contribution in [3.63, 3.8) is 0 Å². The van der Waals surface area contributed by atoms with E-state index in [1.54, 1.807) is 30.9 Å². The number of aryl methyl sites for hydroxylation is 1. The highest BCUT2D eigenvalue weighted by Gasteiger charge is 2.27. The molecule has 138 valence electrons. The summed E-state index contributed by atoms with van der Waals surface area (Å²) in [6.45, 7) is 4.87. The minimum atomic E-state index is -3.57. The molecule has 0 aliphatic rings. The topological polar surface area (TPSA) is 103 Å². The van der Waals surface area contributed by atoms with Crippen LogP contribution in [0.5, 0.6) is 5.75 Å². The van der Waals surface area contributed by atoms with Crippen molar-refractivity contribution in [3.8, 4) is 5.75 Å². The van der Waals surface area contributed by atoms with Crippen molar-refractivity contribution in [2.24, 2.45) is 18.2 Å². The number of nitrogens with two attached hydrogens (primary N) is 1. The molecule has 25 heavy (non-hydrogen) atoms. The summed E-state index contributed by atoms with van der Waals surface area (Å²) in [5.41, 5.74) is 5.40. The lowest BCUT2D eigenvalue weighted by molar-refractivity contribution is 0.288. The summed E-state index contributed by atoms with van der Waals surface area (Å²) in [5, 5.41) is 3.96. The summed E-state index contributed by atoms with van der Waals surface area (Å²) in [6.07, 6.45) is 1.45. The summed E-state index contributed by atoms with van der Waals surface area (Å²) >= 11 is 0. The van der Waals surface area contributed by atoms with Crippen molar-refractivity contribution in [3.05, 3.63) is 36.4 Å². The fourth-order valence-corrected chi connectivity index (χ4v) is 3.60. The number of rotatable bonds is 8. The van der Waals surface area contributed by atoms with Gasteiger partial charge in [0.05, 0.1) is 4.90 Å². The van der Waals surface area contributed by atoms with Crippen LogP contribution in [0.25, 0.3) is 0 Å². The van der Waals surface area contributed by atoms with E-state index >= 15 is 0 Å². The molecule has 2 N–H and O–H groups in total. The summed E-state index contributed by atoms with van der Waals surface area (Å²) < 4.78 is 33.9. The van der Waals surface area contributed by atoms with E-state index in [9.17, 15) is 8.42 Å². The zero-order chi connectivity index (χ0) is 18.7. The molecule has 0 radical (unpaired) electrons. The average Bonchev–Trinajstić information content (AvgIpc) is 2.98. The van der Waals surface area contributed by atoms with Crippen LogP contribution in [0, 0.1) is 5.41 Å². The van der Waals surface area contributed by atoms with Crippen LogP contribution in [0.15, 0.2) is 35.5 Å². The summed E-state index contributed by atoms with van der Waals surface area (Å²) in [6, 6.07) is 6.33. The van der Waals surface area contributed by atoms with Gasteiger partial charge in [0, 0.05) is 20.6 Å². The Labute approximate surface area is 148 Å². The highest BCUT2D eigenvalue weighted by atomic mass is 32.2. The van der Waals surface area contributed by atoms with Crippen LogP contribution >= 0.6 is 0 Å². The predicted molar refractivity (Wildman–Crippen MR) is 94.4 cm³/mol. The first kappa shape index (κ1) is 19.4. The van der Waals surface area contributed by atoms with Crippen molar-refractivity contribution in [2.45, 2.75) is 25.3 Å². The maximum Gasteiger partial charge on any atom is 0.242 e. The summed E-state index contributed by atoms with van der Waals surface area (Å²) in [7, 11) is -0.230. The molecule has 1 aromatic heterocycles. The van der Waals surface area contributed by atoms with Crippen LogP contribution < -0.4 is 10.5 Å². The molecule has 0 amide bonds. The van der Waals surface area contributed by atoms with Crippen molar-refractivity contribution in [2.75, 3.05) is 20.1 Å². The zero-order valence-electron chi connectivity index (χ0n) is 15.0.